The van der Waals surface area contributed by atoms with Crippen molar-refractivity contribution in [1.82, 2.24) is 0 Å². The molecule has 0 spiro atoms. The highest BCUT2D eigenvalue weighted by molar-refractivity contribution is 5.10. The Bertz CT molecular complexity index is 33.4. The molecule has 0 radical (unpaired) electrons. The van der Waals surface area contributed by atoms with Crippen molar-refractivity contribution in [1.29, 1.82) is 0 Å². The zero-order valence-corrected chi connectivity index (χ0v) is 6.11. The Hall–Kier alpha value is -0.330. The van der Waals surface area contributed by atoms with E-state index in [1.165, 1.54) is 12.8 Å². The lowest BCUT2D eigenvalue weighted by Gasteiger charge is -1.95. The van der Waals surface area contributed by atoms with Crippen LogP contribution in [0.15, 0.2) is 0 Å². The van der Waals surface area contributed by atoms with Crippen LogP contribution in [0.5, 0.6) is 0 Å². The minimum atomic E-state index is 0.898. The van der Waals surface area contributed by atoms with Gasteiger partial charge in [0.2, 0.25) is 0 Å². The maximum atomic E-state index is 8.00. The second-order valence-electron chi connectivity index (χ2n) is 2.18. The monoisotopic (exact) mass is 116 g/mol. The average Bonchev–Trinajstić information content (AvgIpc) is 1.72. The molecule has 0 aliphatic heterocycles. The quantitative estimate of drug-likeness (QED) is 0.541. The van der Waals surface area contributed by atoms with E-state index in [2.05, 4.69) is 20.8 Å². The lowest BCUT2D eigenvalue weighted by molar-refractivity contribution is -0.0979. The molecular weight excluding hydrogens is 100 g/mol. The van der Waals surface area contributed by atoms with Crippen molar-refractivity contribution in [3.05, 3.63) is 0 Å². The summed E-state index contributed by atoms with van der Waals surface area (Å²) >= 11 is 0. The third-order valence-electron chi connectivity index (χ3n) is 0.866. The van der Waals surface area contributed by atoms with Crippen molar-refractivity contribution < 1.29 is 4.79 Å². The lowest BCUT2D eigenvalue weighted by atomic mass is 10.1. The molecule has 0 amide bonds. The van der Waals surface area contributed by atoms with Crippen molar-refractivity contribution >= 4 is 6.79 Å². The fourth-order valence-corrected chi connectivity index (χ4v) is 0.577. The van der Waals surface area contributed by atoms with Gasteiger partial charge in [-0.25, -0.2) is 0 Å². The van der Waals surface area contributed by atoms with Crippen LogP contribution in [0.3, 0.4) is 0 Å². The number of hydrogen-bond donors (Lipinski definition) is 0. The Balaban J connectivity index is 0. The van der Waals surface area contributed by atoms with Gasteiger partial charge in [-0.2, -0.15) is 0 Å². The van der Waals surface area contributed by atoms with Crippen molar-refractivity contribution in [2.75, 3.05) is 0 Å². The molecule has 0 aliphatic rings. The van der Waals surface area contributed by atoms with Gasteiger partial charge in [0.05, 0.1) is 0 Å². The molecule has 0 aliphatic carbocycles. The van der Waals surface area contributed by atoms with Crippen LogP contribution in [-0.4, -0.2) is 6.79 Å². The van der Waals surface area contributed by atoms with E-state index in [4.69, 9.17) is 4.79 Å². The topological polar surface area (TPSA) is 17.1 Å². The Morgan fingerprint density at radius 2 is 1.75 bits per heavy atom. The molecule has 8 heavy (non-hydrogen) atoms. The zero-order chi connectivity index (χ0) is 6.99. The molecule has 1 nitrogen and oxygen atoms in total. The van der Waals surface area contributed by atoms with Crippen LogP contribution in [-0.2, 0) is 4.79 Å². The second-order valence-corrected chi connectivity index (χ2v) is 2.18. The minimum Gasteiger partial charge on any atom is -0.307 e. The number of rotatable bonds is 2. The van der Waals surface area contributed by atoms with Gasteiger partial charge in [0.25, 0.3) is 0 Å². The highest BCUT2D eigenvalue weighted by atomic mass is 16.1. The molecule has 0 unspecified atom stereocenters. The van der Waals surface area contributed by atoms with Gasteiger partial charge in [-0.15, -0.1) is 0 Å². The fourth-order valence-electron chi connectivity index (χ4n) is 0.577. The van der Waals surface area contributed by atoms with Gasteiger partial charge in [-0.3, -0.25) is 0 Å². The molecule has 0 bridgehead atoms. The third kappa shape index (κ3) is 17.3. The van der Waals surface area contributed by atoms with E-state index in [0.717, 1.165) is 5.92 Å². The van der Waals surface area contributed by atoms with Gasteiger partial charge in [0.1, 0.15) is 6.79 Å². The van der Waals surface area contributed by atoms with E-state index in [-0.39, 0.29) is 0 Å². The van der Waals surface area contributed by atoms with Gasteiger partial charge < -0.3 is 4.79 Å². The normalized spacial score (nSPS) is 8.00. The summed E-state index contributed by atoms with van der Waals surface area (Å²) in [4.78, 5) is 8.00. The Morgan fingerprint density at radius 3 is 1.75 bits per heavy atom. The van der Waals surface area contributed by atoms with Gasteiger partial charge in [-0.05, 0) is 5.92 Å². The van der Waals surface area contributed by atoms with Crippen LogP contribution in [0.4, 0.5) is 0 Å². The summed E-state index contributed by atoms with van der Waals surface area (Å²) in [5.41, 5.74) is 0. The lowest BCUT2D eigenvalue weighted by Crippen LogP contribution is -1.81. The Morgan fingerprint density at radius 1 is 1.38 bits per heavy atom. The zero-order valence-electron chi connectivity index (χ0n) is 6.11. The number of carbonyl (C=O) groups is 1. The summed E-state index contributed by atoms with van der Waals surface area (Å²) in [7, 11) is 0. The van der Waals surface area contributed by atoms with Gasteiger partial charge in [0.15, 0.2) is 0 Å². The molecule has 0 atom stereocenters. The van der Waals surface area contributed by atoms with Crippen LogP contribution in [0.2, 0.25) is 0 Å². The summed E-state index contributed by atoms with van der Waals surface area (Å²) in [6, 6.07) is 0. The van der Waals surface area contributed by atoms with Crippen molar-refractivity contribution in [2.24, 2.45) is 5.92 Å². The molecule has 0 fully saturated rings. The Labute approximate surface area is 52.1 Å². The van der Waals surface area contributed by atoms with Crippen LogP contribution < -0.4 is 0 Å². The third-order valence-corrected chi connectivity index (χ3v) is 0.866. The maximum Gasteiger partial charge on any atom is 0.106 e. The van der Waals surface area contributed by atoms with Crippen LogP contribution in [0.1, 0.15) is 33.6 Å². The standard InChI is InChI=1S/C6H14.CH2O/c1-4-5-6(2)3;1-2/h6H,4-5H2,1-3H3;1H2. The first-order valence-electron chi connectivity index (χ1n) is 3.06. The minimum absolute atomic E-state index is 0.898. The smallest absolute Gasteiger partial charge is 0.106 e. The van der Waals surface area contributed by atoms with Gasteiger partial charge in [0, 0.05) is 0 Å². The van der Waals surface area contributed by atoms with E-state index in [0.29, 0.717) is 0 Å². The first kappa shape index (κ1) is 10.6. The van der Waals surface area contributed by atoms with Crippen LogP contribution in [0, 0.1) is 5.92 Å². The van der Waals surface area contributed by atoms with Crippen molar-refractivity contribution in [2.45, 2.75) is 33.6 Å². The maximum absolute atomic E-state index is 8.00. The first-order valence-corrected chi connectivity index (χ1v) is 3.06. The first-order chi connectivity index (χ1) is 3.77. The number of carbonyl (C=O) groups excluding carboxylic acids is 1. The average molecular weight is 116 g/mol. The molecule has 0 N–H and O–H groups in total. The van der Waals surface area contributed by atoms with E-state index in [1.807, 2.05) is 6.79 Å². The molecule has 0 saturated carbocycles. The van der Waals surface area contributed by atoms with E-state index < -0.39 is 0 Å². The second kappa shape index (κ2) is 9.83. The van der Waals surface area contributed by atoms with Crippen molar-refractivity contribution in [3.8, 4) is 0 Å². The van der Waals surface area contributed by atoms with Gasteiger partial charge in [-0.1, -0.05) is 33.6 Å². The molecule has 0 heterocycles. The summed E-state index contributed by atoms with van der Waals surface area (Å²) in [5.74, 6) is 0.898. The molecular formula is C7H16O. The van der Waals surface area contributed by atoms with E-state index >= 15 is 0 Å². The molecule has 0 saturated heterocycles. The largest absolute Gasteiger partial charge is 0.307 e. The molecule has 1 heteroatoms. The molecule has 0 rings (SSSR count). The van der Waals surface area contributed by atoms with Gasteiger partial charge >= 0.3 is 0 Å². The number of hydrogen-bond acceptors (Lipinski definition) is 1. The summed E-state index contributed by atoms with van der Waals surface area (Å²) in [5, 5.41) is 0. The summed E-state index contributed by atoms with van der Waals surface area (Å²) in [6.07, 6.45) is 2.71. The summed E-state index contributed by atoms with van der Waals surface area (Å²) in [6.45, 7) is 8.73. The highest BCUT2D eigenvalue weighted by Crippen LogP contribution is 2.00. The Kier molecular flexibility index (Phi) is 13.0. The summed E-state index contributed by atoms with van der Waals surface area (Å²) < 4.78 is 0. The van der Waals surface area contributed by atoms with Crippen LogP contribution in [0.25, 0.3) is 0 Å². The van der Waals surface area contributed by atoms with Crippen LogP contribution >= 0.6 is 0 Å². The molecule has 50 valence electrons. The van der Waals surface area contributed by atoms with Crippen molar-refractivity contribution in [3.63, 3.8) is 0 Å². The predicted molar refractivity (Wildman–Crippen MR) is 36.9 cm³/mol. The SMILES string of the molecule is C=O.CCCC(C)C. The van der Waals surface area contributed by atoms with E-state index in [1.54, 1.807) is 0 Å². The predicted octanol–water partition coefficient (Wildman–Crippen LogP) is 2.26. The fraction of sp³-hybridized carbons (Fsp3) is 0.857. The molecule has 0 aromatic rings. The molecule has 0 aromatic carbocycles. The van der Waals surface area contributed by atoms with E-state index in [9.17, 15) is 0 Å². The molecule has 0 aromatic heterocycles. The highest BCUT2D eigenvalue weighted by Gasteiger charge is 1.85.